The van der Waals surface area contributed by atoms with Crippen molar-refractivity contribution < 1.29 is 31.1 Å². The van der Waals surface area contributed by atoms with Gasteiger partial charge in [-0.2, -0.15) is 8.42 Å². The summed E-state index contributed by atoms with van der Waals surface area (Å²) in [5, 5.41) is 0. The lowest BCUT2D eigenvalue weighted by Gasteiger charge is -2.33. The molecule has 0 saturated carbocycles. The lowest BCUT2D eigenvalue weighted by molar-refractivity contribution is 0.0126. The third-order valence-corrected chi connectivity index (χ3v) is 5.59. The van der Waals surface area contributed by atoms with Crippen molar-refractivity contribution in [2.45, 2.75) is 51.7 Å². The Morgan fingerprint density at radius 3 is 2.24 bits per heavy atom. The van der Waals surface area contributed by atoms with E-state index < -0.39 is 16.0 Å². The average molecular weight is 428 g/mol. The van der Waals surface area contributed by atoms with Gasteiger partial charge in [-0.15, -0.1) is 0 Å². The molecule has 2 aliphatic rings. The van der Waals surface area contributed by atoms with Crippen molar-refractivity contribution in [2.75, 3.05) is 26.3 Å². The SMILES string of the molecule is CC(C)(C)OC(=O)N1CCC(Oc2ccc(CC3COS(=O)(=O)OC3)cc2)CC1. The van der Waals surface area contributed by atoms with Crippen molar-refractivity contribution in [1.29, 1.82) is 0 Å². The molecule has 0 atom stereocenters. The van der Waals surface area contributed by atoms with Crippen LogP contribution in [0.5, 0.6) is 5.75 Å². The summed E-state index contributed by atoms with van der Waals surface area (Å²) in [6.07, 6.45) is 1.97. The zero-order valence-corrected chi connectivity index (χ0v) is 17.9. The Kier molecular flexibility index (Phi) is 6.70. The molecule has 1 amide bonds. The second kappa shape index (κ2) is 8.89. The van der Waals surface area contributed by atoms with Gasteiger partial charge in [-0.1, -0.05) is 12.1 Å². The van der Waals surface area contributed by atoms with Crippen LogP contribution >= 0.6 is 0 Å². The van der Waals surface area contributed by atoms with Gasteiger partial charge in [-0.25, -0.2) is 13.2 Å². The van der Waals surface area contributed by atoms with E-state index in [-0.39, 0.29) is 31.3 Å². The van der Waals surface area contributed by atoms with Gasteiger partial charge < -0.3 is 14.4 Å². The van der Waals surface area contributed by atoms with Gasteiger partial charge >= 0.3 is 16.5 Å². The smallest absolute Gasteiger partial charge is 0.410 e. The molecule has 9 heteroatoms. The van der Waals surface area contributed by atoms with E-state index in [0.717, 1.165) is 24.2 Å². The van der Waals surface area contributed by atoms with Crippen LogP contribution in [-0.4, -0.2) is 57.4 Å². The summed E-state index contributed by atoms with van der Waals surface area (Å²) in [7, 11) is -3.80. The quantitative estimate of drug-likeness (QED) is 0.730. The molecule has 1 aromatic rings. The van der Waals surface area contributed by atoms with Gasteiger partial charge in [0.25, 0.3) is 0 Å². The van der Waals surface area contributed by atoms with Gasteiger partial charge in [0, 0.05) is 31.8 Å². The fourth-order valence-corrected chi connectivity index (χ4v) is 4.06. The predicted molar refractivity (Wildman–Crippen MR) is 106 cm³/mol. The average Bonchev–Trinajstić information content (AvgIpc) is 2.64. The van der Waals surface area contributed by atoms with Crippen molar-refractivity contribution in [3.8, 4) is 5.75 Å². The minimum Gasteiger partial charge on any atom is -0.490 e. The van der Waals surface area contributed by atoms with Crippen LogP contribution in [0.25, 0.3) is 0 Å². The lowest BCUT2D eigenvalue weighted by atomic mass is 10.0. The highest BCUT2D eigenvalue weighted by molar-refractivity contribution is 7.81. The van der Waals surface area contributed by atoms with Gasteiger partial charge in [0.1, 0.15) is 17.5 Å². The molecule has 8 nitrogen and oxygen atoms in total. The van der Waals surface area contributed by atoms with Crippen molar-refractivity contribution in [2.24, 2.45) is 5.92 Å². The van der Waals surface area contributed by atoms with Gasteiger partial charge in [-0.05, 0) is 44.9 Å². The monoisotopic (exact) mass is 427 g/mol. The van der Waals surface area contributed by atoms with Gasteiger partial charge in [-0.3, -0.25) is 0 Å². The Labute approximate surface area is 172 Å². The van der Waals surface area contributed by atoms with Crippen LogP contribution in [0.4, 0.5) is 4.79 Å². The van der Waals surface area contributed by atoms with Crippen LogP contribution in [0, 0.1) is 5.92 Å². The maximum absolute atomic E-state index is 12.1. The maximum atomic E-state index is 12.1. The number of benzene rings is 1. The van der Waals surface area contributed by atoms with E-state index in [0.29, 0.717) is 19.5 Å². The molecule has 2 aliphatic heterocycles. The summed E-state index contributed by atoms with van der Waals surface area (Å²) >= 11 is 0. The fourth-order valence-electron chi connectivity index (χ4n) is 3.27. The largest absolute Gasteiger partial charge is 0.490 e. The molecule has 3 rings (SSSR count). The van der Waals surface area contributed by atoms with Crippen LogP contribution in [0.1, 0.15) is 39.2 Å². The fraction of sp³-hybridized carbons (Fsp3) is 0.650. The summed E-state index contributed by atoms with van der Waals surface area (Å²) in [5.74, 6) is 0.783. The highest BCUT2D eigenvalue weighted by Gasteiger charge is 2.28. The molecule has 29 heavy (non-hydrogen) atoms. The Morgan fingerprint density at radius 1 is 1.10 bits per heavy atom. The summed E-state index contributed by atoms with van der Waals surface area (Å²) in [6.45, 7) is 7.08. The third-order valence-electron chi connectivity index (χ3n) is 4.74. The number of hydrogen-bond acceptors (Lipinski definition) is 7. The molecule has 2 fully saturated rings. The van der Waals surface area contributed by atoms with E-state index in [2.05, 4.69) is 0 Å². The summed E-state index contributed by atoms with van der Waals surface area (Å²) < 4.78 is 43.1. The third kappa shape index (κ3) is 6.87. The zero-order chi connectivity index (χ0) is 21.1. The Hall–Kier alpha value is -1.84. The molecule has 0 bridgehead atoms. The first-order chi connectivity index (χ1) is 13.6. The molecule has 0 aromatic heterocycles. The second-order valence-electron chi connectivity index (χ2n) is 8.48. The van der Waals surface area contributed by atoms with Crippen molar-refractivity contribution >= 4 is 16.5 Å². The number of amides is 1. The molecule has 162 valence electrons. The van der Waals surface area contributed by atoms with Crippen LogP contribution in [0.2, 0.25) is 0 Å². The summed E-state index contributed by atoms with van der Waals surface area (Å²) in [5.41, 5.74) is 0.574. The number of piperidine rings is 1. The molecule has 2 heterocycles. The number of nitrogens with zero attached hydrogens (tertiary/aromatic N) is 1. The highest BCUT2D eigenvalue weighted by Crippen LogP contribution is 2.23. The number of carbonyl (C=O) groups excluding carboxylic acids is 1. The zero-order valence-electron chi connectivity index (χ0n) is 17.1. The molecular formula is C20H29NO7S. The van der Waals surface area contributed by atoms with Gasteiger partial charge in [0.05, 0.1) is 13.2 Å². The Morgan fingerprint density at radius 2 is 1.69 bits per heavy atom. The highest BCUT2D eigenvalue weighted by atomic mass is 32.3. The molecule has 0 spiro atoms. The minimum absolute atomic E-state index is 0.00229. The first-order valence-electron chi connectivity index (χ1n) is 9.87. The first-order valence-corrected chi connectivity index (χ1v) is 11.2. The van der Waals surface area contributed by atoms with Gasteiger partial charge in [0.2, 0.25) is 0 Å². The standard InChI is InChI=1S/C20H29NO7S/c1-20(2,3)28-19(22)21-10-8-18(9-11-21)27-17-6-4-15(5-7-17)12-16-13-25-29(23,24)26-14-16/h4-7,16,18H,8-14H2,1-3H3. The van der Waals surface area contributed by atoms with Crippen molar-refractivity contribution in [3.63, 3.8) is 0 Å². The number of carbonyl (C=O) groups is 1. The molecular weight excluding hydrogens is 398 g/mol. The number of hydrogen-bond donors (Lipinski definition) is 0. The summed E-state index contributed by atoms with van der Waals surface area (Å²) in [4.78, 5) is 13.9. The predicted octanol–water partition coefficient (Wildman–Crippen LogP) is 2.92. The first kappa shape index (κ1) is 21.9. The van der Waals surface area contributed by atoms with Gasteiger partial charge in [0.15, 0.2) is 0 Å². The lowest BCUT2D eigenvalue weighted by Crippen LogP contribution is -2.44. The normalized spacial score (nSPS) is 21.0. The van der Waals surface area contributed by atoms with Crippen molar-refractivity contribution in [3.05, 3.63) is 29.8 Å². The topological polar surface area (TPSA) is 91.4 Å². The Balaban J connectivity index is 1.43. The number of likely N-dealkylation sites (tertiary alicyclic amines) is 1. The maximum Gasteiger partial charge on any atom is 0.410 e. The molecule has 0 unspecified atom stereocenters. The Bertz CT molecular complexity index is 779. The van der Waals surface area contributed by atoms with Crippen LogP contribution in [0.3, 0.4) is 0 Å². The molecule has 0 radical (unpaired) electrons. The van der Waals surface area contributed by atoms with E-state index in [9.17, 15) is 13.2 Å². The van der Waals surface area contributed by atoms with E-state index in [4.69, 9.17) is 17.8 Å². The molecule has 2 saturated heterocycles. The molecule has 0 aliphatic carbocycles. The molecule has 0 N–H and O–H groups in total. The molecule has 1 aromatic carbocycles. The number of ether oxygens (including phenoxy) is 2. The van der Waals surface area contributed by atoms with E-state index in [1.165, 1.54) is 0 Å². The van der Waals surface area contributed by atoms with Crippen LogP contribution in [0.15, 0.2) is 24.3 Å². The van der Waals surface area contributed by atoms with Crippen LogP contribution in [-0.2, 0) is 29.9 Å². The number of rotatable bonds is 4. The van der Waals surface area contributed by atoms with E-state index >= 15 is 0 Å². The van der Waals surface area contributed by atoms with Crippen LogP contribution < -0.4 is 4.74 Å². The second-order valence-corrected chi connectivity index (χ2v) is 9.76. The summed E-state index contributed by atoms with van der Waals surface area (Å²) in [6, 6.07) is 7.76. The van der Waals surface area contributed by atoms with E-state index in [1.807, 2.05) is 45.0 Å². The van der Waals surface area contributed by atoms with E-state index in [1.54, 1.807) is 4.90 Å². The van der Waals surface area contributed by atoms with Crippen molar-refractivity contribution in [1.82, 2.24) is 4.90 Å². The minimum atomic E-state index is -3.80.